The predicted octanol–water partition coefficient (Wildman–Crippen LogP) is 2.81. The molecule has 0 amide bonds. The van der Waals surface area contributed by atoms with Gasteiger partial charge in [-0.05, 0) is 44.5 Å². The summed E-state index contributed by atoms with van der Waals surface area (Å²) < 4.78 is 26.9. The van der Waals surface area contributed by atoms with E-state index in [9.17, 15) is 8.42 Å². The first kappa shape index (κ1) is 13.3. The van der Waals surface area contributed by atoms with Crippen LogP contribution < -0.4 is 0 Å². The van der Waals surface area contributed by atoms with Crippen molar-refractivity contribution in [2.24, 2.45) is 0 Å². The molecule has 0 N–H and O–H groups in total. The van der Waals surface area contributed by atoms with Crippen LogP contribution in [0.2, 0.25) is 0 Å². The van der Waals surface area contributed by atoms with E-state index in [0.29, 0.717) is 17.0 Å². The van der Waals surface area contributed by atoms with Gasteiger partial charge in [0.1, 0.15) is 0 Å². The lowest BCUT2D eigenvalue weighted by atomic mass is 10.2. The van der Waals surface area contributed by atoms with Crippen LogP contribution in [-0.2, 0) is 10.0 Å². The molecule has 2 aromatic rings. The van der Waals surface area contributed by atoms with Gasteiger partial charge in [0.05, 0.1) is 16.3 Å². The zero-order chi connectivity index (χ0) is 13.5. The second-order valence-electron chi connectivity index (χ2n) is 4.18. The van der Waals surface area contributed by atoms with Crippen LogP contribution in [-0.4, -0.2) is 17.6 Å². The van der Waals surface area contributed by atoms with Crippen LogP contribution in [0.4, 0.5) is 0 Å². The molecule has 6 heteroatoms. The molecule has 0 unspecified atom stereocenters. The SMILES string of the molecule is Cc1cc(C)n(S(=O)(=O)c2cc(Br)ccc2C)n1. The Labute approximate surface area is 115 Å². The smallest absolute Gasteiger partial charge is 0.199 e. The zero-order valence-corrected chi connectivity index (χ0v) is 12.7. The number of benzene rings is 1. The topological polar surface area (TPSA) is 52.0 Å². The van der Waals surface area contributed by atoms with Crippen molar-refractivity contribution in [1.29, 1.82) is 0 Å². The van der Waals surface area contributed by atoms with Gasteiger partial charge < -0.3 is 0 Å². The normalized spacial score (nSPS) is 11.8. The number of halogens is 1. The van der Waals surface area contributed by atoms with Crippen molar-refractivity contribution in [3.8, 4) is 0 Å². The summed E-state index contributed by atoms with van der Waals surface area (Å²) in [6.07, 6.45) is 0. The van der Waals surface area contributed by atoms with Crippen molar-refractivity contribution in [2.45, 2.75) is 25.7 Å². The van der Waals surface area contributed by atoms with E-state index in [-0.39, 0.29) is 4.90 Å². The van der Waals surface area contributed by atoms with Crippen LogP contribution in [0.15, 0.2) is 33.6 Å². The van der Waals surface area contributed by atoms with Gasteiger partial charge in [-0.3, -0.25) is 0 Å². The molecule has 0 fully saturated rings. The van der Waals surface area contributed by atoms with E-state index >= 15 is 0 Å². The van der Waals surface area contributed by atoms with Crippen LogP contribution >= 0.6 is 15.9 Å². The van der Waals surface area contributed by atoms with E-state index in [0.717, 1.165) is 8.56 Å². The summed E-state index contributed by atoms with van der Waals surface area (Å²) in [5.74, 6) is 0. The number of hydrogen-bond acceptors (Lipinski definition) is 3. The van der Waals surface area contributed by atoms with E-state index in [1.165, 1.54) is 0 Å². The molecule has 4 nitrogen and oxygen atoms in total. The first-order chi connectivity index (χ1) is 8.32. The molecule has 2 rings (SSSR count). The molecule has 1 aromatic heterocycles. The Morgan fingerprint density at radius 2 is 1.83 bits per heavy atom. The number of aryl methyl sites for hydroxylation is 3. The molecule has 1 heterocycles. The monoisotopic (exact) mass is 328 g/mol. The highest BCUT2D eigenvalue weighted by molar-refractivity contribution is 9.10. The Balaban J connectivity index is 2.69. The third kappa shape index (κ3) is 2.22. The average molecular weight is 329 g/mol. The molecule has 0 atom stereocenters. The number of hydrogen-bond donors (Lipinski definition) is 0. The molecule has 0 radical (unpaired) electrons. The molecular formula is C12H13BrN2O2S. The minimum atomic E-state index is -3.63. The quantitative estimate of drug-likeness (QED) is 0.851. The lowest BCUT2D eigenvalue weighted by Gasteiger charge is -2.09. The molecule has 0 aliphatic heterocycles. The van der Waals surface area contributed by atoms with Crippen molar-refractivity contribution >= 4 is 26.0 Å². The number of aromatic nitrogens is 2. The molecule has 96 valence electrons. The summed E-state index contributed by atoms with van der Waals surface area (Å²) in [4.78, 5) is 0.267. The van der Waals surface area contributed by atoms with E-state index in [1.807, 2.05) is 6.07 Å². The third-order valence-electron chi connectivity index (χ3n) is 2.62. The first-order valence-electron chi connectivity index (χ1n) is 5.37. The number of rotatable bonds is 2. The maximum absolute atomic E-state index is 12.5. The Kier molecular flexibility index (Phi) is 3.33. The number of nitrogens with zero attached hydrogens (tertiary/aromatic N) is 2. The summed E-state index contributed by atoms with van der Waals surface area (Å²) in [6.45, 7) is 5.27. The highest BCUT2D eigenvalue weighted by Gasteiger charge is 2.22. The average Bonchev–Trinajstić information content (AvgIpc) is 2.62. The minimum absolute atomic E-state index is 0.267. The Morgan fingerprint density at radius 1 is 1.17 bits per heavy atom. The lowest BCUT2D eigenvalue weighted by Crippen LogP contribution is -2.17. The maximum Gasteiger partial charge on any atom is 0.283 e. The largest absolute Gasteiger partial charge is 0.283 e. The molecule has 0 spiro atoms. The van der Waals surface area contributed by atoms with Gasteiger partial charge in [-0.1, -0.05) is 22.0 Å². The molecule has 18 heavy (non-hydrogen) atoms. The van der Waals surface area contributed by atoms with E-state index in [2.05, 4.69) is 21.0 Å². The van der Waals surface area contributed by atoms with Gasteiger partial charge in [-0.25, -0.2) is 0 Å². The van der Waals surface area contributed by atoms with E-state index in [4.69, 9.17) is 0 Å². The first-order valence-corrected chi connectivity index (χ1v) is 7.60. The molecule has 0 saturated heterocycles. The van der Waals surface area contributed by atoms with Gasteiger partial charge in [0.2, 0.25) is 0 Å². The van der Waals surface area contributed by atoms with Gasteiger partial charge in [0.15, 0.2) is 0 Å². The molecule has 0 bridgehead atoms. The van der Waals surface area contributed by atoms with Crippen LogP contribution in [0.3, 0.4) is 0 Å². The van der Waals surface area contributed by atoms with Gasteiger partial charge in [0.25, 0.3) is 10.0 Å². The van der Waals surface area contributed by atoms with Crippen LogP contribution in [0.25, 0.3) is 0 Å². The second-order valence-corrected chi connectivity index (χ2v) is 6.84. The fourth-order valence-corrected chi connectivity index (χ4v) is 3.91. The zero-order valence-electron chi connectivity index (χ0n) is 10.3. The van der Waals surface area contributed by atoms with Crippen molar-refractivity contribution in [3.05, 3.63) is 45.7 Å². The highest BCUT2D eigenvalue weighted by Crippen LogP contribution is 2.23. The van der Waals surface area contributed by atoms with Gasteiger partial charge in [-0.15, -0.1) is 0 Å². The van der Waals surface area contributed by atoms with Gasteiger partial charge in [-0.2, -0.15) is 17.6 Å². The van der Waals surface area contributed by atoms with E-state index < -0.39 is 10.0 Å². The van der Waals surface area contributed by atoms with Gasteiger partial charge >= 0.3 is 0 Å². The van der Waals surface area contributed by atoms with Crippen molar-refractivity contribution in [2.75, 3.05) is 0 Å². The summed E-state index contributed by atoms with van der Waals surface area (Å²) in [6, 6.07) is 6.92. The van der Waals surface area contributed by atoms with Crippen LogP contribution in [0, 0.1) is 20.8 Å². The van der Waals surface area contributed by atoms with Crippen molar-refractivity contribution < 1.29 is 8.42 Å². The van der Waals surface area contributed by atoms with Crippen LogP contribution in [0.1, 0.15) is 17.0 Å². The fourth-order valence-electron chi connectivity index (χ4n) is 1.80. The Morgan fingerprint density at radius 3 is 2.39 bits per heavy atom. The minimum Gasteiger partial charge on any atom is -0.199 e. The van der Waals surface area contributed by atoms with Crippen molar-refractivity contribution in [3.63, 3.8) is 0 Å². The van der Waals surface area contributed by atoms with Gasteiger partial charge in [0, 0.05) is 4.47 Å². The van der Waals surface area contributed by atoms with Crippen molar-refractivity contribution in [1.82, 2.24) is 9.19 Å². The summed E-state index contributed by atoms with van der Waals surface area (Å²) in [5.41, 5.74) is 1.99. The molecule has 0 aliphatic rings. The Hall–Kier alpha value is -1.14. The van der Waals surface area contributed by atoms with E-state index in [1.54, 1.807) is 39.0 Å². The summed E-state index contributed by atoms with van der Waals surface area (Å²) in [5, 5.41) is 4.04. The molecule has 0 saturated carbocycles. The molecular weight excluding hydrogens is 316 g/mol. The predicted molar refractivity (Wildman–Crippen MR) is 73.2 cm³/mol. The standard InChI is InChI=1S/C12H13BrN2O2S/c1-8-4-5-11(13)7-12(8)18(16,17)15-10(3)6-9(2)14-15/h4-7H,1-3H3. The maximum atomic E-state index is 12.5. The Bertz CT molecular complexity index is 705. The fraction of sp³-hybridized carbons (Fsp3) is 0.250. The highest BCUT2D eigenvalue weighted by atomic mass is 79.9. The lowest BCUT2D eigenvalue weighted by molar-refractivity contribution is 0.577. The third-order valence-corrected chi connectivity index (χ3v) is 4.94. The summed E-state index contributed by atoms with van der Waals surface area (Å²) >= 11 is 3.29. The van der Waals surface area contributed by atoms with Crippen LogP contribution in [0.5, 0.6) is 0 Å². The second kappa shape index (κ2) is 4.51. The molecule has 0 aliphatic carbocycles. The molecule has 1 aromatic carbocycles. The summed E-state index contributed by atoms with van der Waals surface area (Å²) in [7, 11) is -3.63.